The number of rotatable bonds is 5. The molecule has 0 saturated heterocycles. The Hall–Kier alpha value is -1.63. The molecule has 1 heterocycles. The molecule has 22 heavy (non-hydrogen) atoms. The SMILES string of the molecule is CCc1cccc(NC(N)=NCCc2ccncc2C)c1.I. The molecule has 0 fully saturated rings. The number of hydrogen-bond acceptors (Lipinski definition) is 2. The maximum atomic E-state index is 5.93. The van der Waals surface area contributed by atoms with E-state index >= 15 is 0 Å². The van der Waals surface area contributed by atoms with Gasteiger partial charge < -0.3 is 11.1 Å². The molecule has 1 aromatic heterocycles. The van der Waals surface area contributed by atoms with Crippen molar-refractivity contribution in [1.29, 1.82) is 0 Å². The number of aryl methyl sites for hydroxylation is 2. The largest absolute Gasteiger partial charge is 0.370 e. The fourth-order valence-corrected chi connectivity index (χ4v) is 2.14. The Morgan fingerprint density at radius 1 is 1.32 bits per heavy atom. The first kappa shape index (κ1) is 18.4. The van der Waals surface area contributed by atoms with Crippen LogP contribution in [0.15, 0.2) is 47.7 Å². The number of nitrogens with zero attached hydrogens (tertiary/aromatic N) is 2. The maximum absolute atomic E-state index is 5.93. The second kappa shape index (κ2) is 9.40. The number of nitrogens with two attached hydrogens (primary N) is 1. The van der Waals surface area contributed by atoms with Crippen molar-refractivity contribution in [2.75, 3.05) is 11.9 Å². The van der Waals surface area contributed by atoms with Crippen LogP contribution in [0.5, 0.6) is 0 Å². The molecule has 0 aliphatic rings. The zero-order valence-corrected chi connectivity index (χ0v) is 15.4. The summed E-state index contributed by atoms with van der Waals surface area (Å²) in [5, 5.41) is 3.13. The third-order valence-electron chi connectivity index (χ3n) is 3.41. The van der Waals surface area contributed by atoms with E-state index in [4.69, 9.17) is 5.73 Å². The first-order valence-corrected chi connectivity index (χ1v) is 7.24. The van der Waals surface area contributed by atoms with Crippen molar-refractivity contribution in [1.82, 2.24) is 4.98 Å². The van der Waals surface area contributed by atoms with Gasteiger partial charge in [-0.3, -0.25) is 9.98 Å². The third-order valence-corrected chi connectivity index (χ3v) is 3.41. The summed E-state index contributed by atoms with van der Waals surface area (Å²) in [6, 6.07) is 10.2. The number of benzene rings is 1. The summed E-state index contributed by atoms with van der Waals surface area (Å²) in [6.07, 6.45) is 5.56. The van der Waals surface area contributed by atoms with Gasteiger partial charge in [0.2, 0.25) is 0 Å². The molecule has 0 amide bonds. The Labute approximate surface area is 149 Å². The molecule has 3 N–H and O–H groups in total. The topological polar surface area (TPSA) is 63.3 Å². The van der Waals surface area contributed by atoms with E-state index in [0.717, 1.165) is 18.5 Å². The van der Waals surface area contributed by atoms with E-state index in [9.17, 15) is 0 Å². The average molecular weight is 410 g/mol. The highest BCUT2D eigenvalue weighted by Gasteiger charge is 1.99. The van der Waals surface area contributed by atoms with Crippen molar-refractivity contribution in [2.24, 2.45) is 10.7 Å². The summed E-state index contributed by atoms with van der Waals surface area (Å²) in [5.41, 5.74) is 10.6. The van der Waals surface area contributed by atoms with E-state index in [1.165, 1.54) is 16.7 Å². The van der Waals surface area contributed by atoms with Gasteiger partial charge in [-0.05, 0) is 54.7 Å². The number of anilines is 1. The molecule has 1 aromatic carbocycles. The predicted octanol–water partition coefficient (Wildman–Crippen LogP) is 3.54. The molecule has 0 atom stereocenters. The normalized spacial score (nSPS) is 10.9. The standard InChI is InChI=1S/C17H22N4.HI/c1-3-14-5-4-6-16(11-14)21-17(18)20-10-8-15-7-9-19-12-13(15)2;/h4-7,9,11-12H,3,8,10H2,1-2H3,(H3,18,20,21);1H. The lowest BCUT2D eigenvalue weighted by molar-refractivity contribution is 0.948. The number of hydrogen-bond donors (Lipinski definition) is 2. The number of nitrogens with one attached hydrogen (secondary N) is 1. The fraction of sp³-hybridized carbons (Fsp3) is 0.294. The highest BCUT2D eigenvalue weighted by atomic mass is 127. The van der Waals surface area contributed by atoms with Crippen molar-refractivity contribution in [2.45, 2.75) is 26.7 Å². The molecule has 2 aromatic rings. The van der Waals surface area contributed by atoms with E-state index in [2.05, 4.69) is 41.3 Å². The molecule has 0 aliphatic carbocycles. The Bertz CT molecular complexity index is 626. The van der Waals surface area contributed by atoms with Crippen LogP contribution < -0.4 is 11.1 Å². The molecule has 0 radical (unpaired) electrons. The summed E-state index contributed by atoms with van der Waals surface area (Å²) in [4.78, 5) is 8.46. The van der Waals surface area contributed by atoms with Gasteiger partial charge in [-0.15, -0.1) is 24.0 Å². The van der Waals surface area contributed by atoms with Crippen molar-refractivity contribution < 1.29 is 0 Å². The highest BCUT2D eigenvalue weighted by molar-refractivity contribution is 14.0. The van der Waals surface area contributed by atoms with Crippen LogP contribution >= 0.6 is 24.0 Å². The molecular formula is C17H23IN4. The summed E-state index contributed by atoms with van der Waals surface area (Å²) >= 11 is 0. The Balaban J connectivity index is 0.00000242. The molecule has 2 rings (SSSR count). The van der Waals surface area contributed by atoms with Crippen LogP contribution in [-0.2, 0) is 12.8 Å². The molecule has 0 saturated carbocycles. The van der Waals surface area contributed by atoms with Gasteiger partial charge in [-0.25, -0.2) is 0 Å². The molecule has 4 nitrogen and oxygen atoms in total. The van der Waals surface area contributed by atoms with Gasteiger partial charge >= 0.3 is 0 Å². The minimum Gasteiger partial charge on any atom is -0.370 e. The zero-order valence-electron chi connectivity index (χ0n) is 13.0. The van der Waals surface area contributed by atoms with Crippen LogP contribution in [0.4, 0.5) is 5.69 Å². The van der Waals surface area contributed by atoms with Crippen LogP contribution in [-0.4, -0.2) is 17.5 Å². The number of pyridine rings is 1. The van der Waals surface area contributed by atoms with Crippen molar-refractivity contribution in [3.63, 3.8) is 0 Å². The fourth-order valence-electron chi connectivity index (χ4n) is 2.14. The molecule has 5 heteroatoms. The lowest BCUT2D eigenvalue weighted by Crippen LogP contribution is -2.23. The second-order valence-corrected chi connectivity index (χ2v) is 5.00. The molecule has 0 spiro atoms. The first-order valence-electron chi connectivity index (χ1n) is 7.24. The van der Waals surface area contributed by atoms with Crippen LogP contribution in [0.3, 0.4) is 0 Å². The van der Waals surface area contributed by atoms with Crippen molar-refractivity contribution >= 4 is 35.6 Å². The first-order chi connectivity index (χ1) is 10.2. The highest BCUT2D eigenvalue weighted by Crippen LogP contribution is 2.10. The molecule has 0 unspecified atom stereocenters. The van der Waals surface area contributed by atoms with Gasteiger partial charge in [0.25, 0.3) is 0 Å². The monoisotopic (exact) mass is 410 g/mol. The van der Waals surface area contributed by atoms with E-state index in [0.29, 0.717) is 12.5 Å². The third kappa shape index (κ3) is 5.63. The van der Waals surface area contributed by atoms with Crippen molar-refractivity contribution in [3.8, 4) is 0 Å². The number of halogens is 1. The summed E-state index contributed by atoms with van der Waals surface area (Å²) in [7, 11) is 0. The molecular weight excluding hydrogens is 387 g/mol. The molecule has 118 valence electrons. The van der Waals surface area contributed by atoms with Crippen LogP contribution in [0, 0.1) is 6.92 Å². The minimum absolute atomic E-state index is 0. The van der Waals surface area contributed by atoms with E-state index in [1.54, 1.807) is 0 Å². The van der Waals surface area contributed by atoms with Crippen LogP contribution in [0.2, 0.25) is 0 Å². The Kier molecular flexibility index (Phi) is 7.87. The van der Waals surface area contributed by atoms with E-state index in [1.807, 2.05) is 30.6 Å². The smallest absolute Gasteiger partial charge is 0.193 e. The molecule has 0 aliphatic heterocycles. The van der Waals surface area contributed by atoms with Gasteiger partial charge in [-0.1, -0.05) is 19.1 Å². The maximum Gasteiger partial charge on any atom is 0.193 e. The van der Waals surface area contributed by atoms with Gasteiger partial charge in [0.15, 0.2) is 5.96 Å². The lowest BCUT2D eigenvalue weighted by atomic mass is 10.1. The van der Waals surface area contributed by atoms with Gasteiger partial charge in [0.05, 0.1) is 0 Å². The quantitative estimate of drug-likeness (QED) is 0.450. The number of guanidine groups is 1. The second-order valence-electron chi connectivity index (χ2n) is 5.00. The summed E-state index contributed by atoms with van der Waals surface area (Å²) in [5.74, 6) is 0.454. The van der Waals surface area contributed by atoms with Crippen LogP contribution in [0.25, 0.3) is 0 Å². The zero-order chi connectivity index (χ0) is 15.1. The Morgan fingerprint density at radius 3 is 2.86 bits per heavy atom. The van der Waals surface area contributed by atoms with Crippen LogP contribution in [0.1, 0.15) is 23.6 Å². The lowest BCUT2D eigenvalue weighted by Gasteiger charge is -2.07. The van der Waals surface area contributed by atoms with E-state index in [-0.39, 0.29) is 24.0 Å². The number of aliphatic imine (C=N–C) groups is 1. The van der Waals surface area contributed by atoms with E-state index < -0.39 is 0 Å². The van der Waals surface area contributed by atoms with Crippen molar-refractivity contribution in [3.05, 3.63) is 59.4 Å². The predicted molar refractivity (Wildman–Crippen MR) is 104 cm³/mol. The van der Waals surface area contributed by atoms with Gasteiger partial charge in [0, 0.05) is 24.6 Å². The average Bonchev–Trinajstić information content (AvgIpc) is 2.49. The Morgan fingerprint density at radius 2 is 2.14 bits per heavy atom. The molecule has 0 bridgehead atoms. The van der Waals surface area contributed by atoms with Gasteiger partial charge in [-0.2, -0.15) is 0 Å². The minimum atomic E-state index is 0. The summed E-state index contributed by atoms with van der Waals surface area (Å²) in [6.45, 7) is 4.86. The van der Waals surface area contributed by atoms with Gasteiger partial charge in [0.1, 0.15) is 0 Å². The summed E-state index contributed by atoms with van der Waals surface area (Å²) < 4.78 is 0. The number of aromatic nitrogens is 1.